The van der Waals surface area contributed by atoms with E-state index in [2.05, 4.69) is 18.3 Å². The monoisotopic (exact) mass is 244 g/mol. The number of rotatable bonds is 4. The highest BCUT2D eigenvalue weighted by atomic mass is 16.1. The maximum absolute atomic E-state index is 11.3. The number of piperidine rings is 1. The van der Waals surface area contributed by atoms with E-state index in [-0.39, 0.29) is 5.91 Å². The van der Waals surface area contributed by atoms with E-state index in [1.807, 2.05) is 18.2 Å². The second-order valence-electron chi connectivity index (χ2n) is 5.61. The zero-order chi connectivity index (χ0) is 12.8. The van der Waals surface area contributed by atoms with Crippen LogP contribution < -0.4 is 11.1 Å². The fourth-order valence-corrected chi connectivity index (χ4v) is 3.97. The normalized spacial score (nSPS) is 33.2. The van der Waals surface area contributed by atoms with Crippen LogP contribution in [0.25, 0.3) is 0 Å². The summed E-state index contributed by atoms with van der Waals surface area (Å²) < 4.78 is 0. The van der Waals surface area contributed by atoms with Crippen LogP contribution >= 0.6 is 0 Å². The smallest absolute Gasteiger partial charge is 0.248 e. The summed E-state index contributed by atoms with van der Waals surface area (Å²) in [5.41, 5.74) is 7.65. The number of carbonyl (C=O) groups is 1. The fourth-order valence-electron chi connectivity index (χ4n) is 3.97. The highest BCUT2D eigenvalue weighted by molar-refractivity contribution is 5.93. The number of benzene rings is 1. The molecule has 1 aromatic carbocycles. The molecule has 0 spiro atoms. The highest BCUT2D eigenvalue weighted by Crippen LogP contribution is 2.64. The van der Waals surface area contributed by atoms with Crippen molar-refractivity contribution in [1.29, 1.82) is 0 Å². The van der Waals surface area contributed by atoms with Crippen LogP contribution in [-0.4, -0.2) is 19.0 Å². The van der Waals surface area contributed by atoms with Gasteiger partial charge >= 0.3 is 0 Å². The van der Waals surface area contributed by atoms with Gasteiger partial charge < -0.3 is 11.1 Å². The van der Waals surface area contributed by atoms with Crippen LogP contribution in [0.2, 0.25) is 0 Å². The molecule has 18 heavy (non-hydrogen) atoms. The Bertz CT molecular complexity index is 473. The first kappa shape index (κ1) is 11.7. The molecule has 3 N–H and O–H groups in total. The van der Waals surface area contributed by atoms with Gasteiger partial charge in [0.1, 0.15) is 0 Å². The number of fused-ring (bicyclic) bond motifs is 1. The first-order valence-corrected chi connectivity index (χ1v) is 6.81. The van der Waals surface area contributed by atoms with Crippen molar-refractivity contribution in [3.8, 4) is 0 Å². The van der Waals surface area contributed by atoms with Crippen molar-refractivity contribution < 1.29 is 4.79 Å². The average Bonchev–Trinajstić information content (AvgIpc) is 2.76. The minimum atomic E-state index is -0.326. The molecular weight excluding hydrogens is 224 g/mol. The molecule has 2 atom stereocenters. The van der Waals surface area contributed by atoms with Gasteiger partial charge in [0.05, 0.1) is 0 Å². The quantitative estimate of drug-likeness (QED) is 0.846. The van der Waals surface area contributed by atoms with Crippen LogP contribution in [0.15, 0.2) is 24.3 Å². The number of amides is 1. The van der Waals surface area contributed by atoms with Crippen LogP contribution in [0, 0.1) is 11.8 Å². The summed E-state index contributed by atoms with van der Waals surface area (Å²) >= 11 is 0. The molecule has 1 saturated carbocycles. The number of hydrogen-bond acceptors (Lipinski definition) is 2. The standard InChI is InChI=1S/C15H20N2O/c1-2-6-15(12-8-17-9-13(12)15)11-5-3-4-10(7-11)14(16)18/h3-5,7,12-13,17H,2,6,8-9H2,1H3,(H2,16,18). The predicted octanol–water partition coefficient (Wildman–Crippen LogP) is 1.67. The molecule has 3 rings (SSSR count). The van der Waals surface area contributed by atoms with Crippen LogP contribution in [0.4, 0.5) is 0 Å². The van der Waals surface area contributed by atoms with E-state index in [0.717, 1.165) is 24.9 Å². The second-order valence-corrected chi connectivity index (χ2v) is 5.61. The lowest BCUT2D eigenvalue weighted by molar-refractivity contribution is 0.1000. The molecule has 2 fully saturated rings. The van der Waals surface area contributed by atoms with E-state index < -0.39 is 0 Å². The largest absolute Gasteiger partial charge is 0.366 e. The van der Waals surface area contributed by atoms with Crippen molar-refractivity contribution in [3.63, 3.8) is 0 Å². The molecular formula is C15H20N2O. The first-order chi connectivity index (χ1) is 8.70. The highest BCUT2D eigenvalue weighted by Gasteiger charge is 2.65. The van der Waals surface area contributed by atoms with E-state index in [4.69, 9.17) is 5.73 Å². The Morgan fingerprint density at radius 3 is 2.78 bits per heavy atom. The number of hydrogen-bond donors (Lipinski definition) is 2. The topological polar surface area (TPSA) is 55.1 Å². The van der Waals surface area contributed by atoms with Gasteiger partial charge in [-0.15, -0.1) is 0 Å². The van der Waals surface area contributed by atoms with Crippen LogP contribution in [-0.2, 0) is 5.41 Å². The van der Waals surface area contributed by atoms with Crippen molar-refractivity contribution >= 4 is 5.91 Å². The maximum Gasteiger partial charge on any atom is 0.248 e. The van der Waals surface area contributed by atoms with Gasteiger partial charge in [0.2, 0.25) is 5.91 Å². The van der Waals surface area contributed by atoms with E-state index in [9.17, 15) is 4.79 Å². The molecule has 1 amide bonds. The van der Waals surface area contributed by atoms with Crippen molar-refractivity contribution in [1.82, 2.24) is 5.32 Å². The summed E-state index contributed by atoms with van der Waals surface area (Å²) in [6.07, 6.45) is 2.40. The summed E-state index contributed by atoms with van der Waals surface area (Å²) in [4.78, 5) is 11.3. The average molecular weight is 244 g/mol. The van der Waals surface area contributed by atoms with Crippen LogP contribution in [0.5, 0.6) is 0 Å². The predicted molar refractivity (Wildman–Crippen MR) is 71.4 cm³/mol. The molecule has 0 bridgehead atoms. The van der Waals surface area contributed by atoms with Gasteiger partial charge in [-0.3, -0.25) is 4.79 Å². The molecule has 1 saturated heterocycles. The van der Waals surface area contributed by atoms with Gasteiger partial charge in [0.25, 0.3) is 0 Å². The third-order valence-corrected chi connectivity index (χ3v) is 4.78. The van der Waals surface area contributed by atoms with Crippen LogP contribution in [0.3, 0.4) is 0 Å². The summed E-state index contributed by atoms with van der Waals surface area (Å²) in [5, 5.41) is 3.45. The second kappa shape index (κ2) is 4.09. The lowest BCUT2D eigenvalue weighted by Gasteiger charge is -2.22. The lowest BCUT2D eigenvalue weighted by atomic mass is 9.85. The molecule has 96 valence electrons. The minimum Gasteiger partial charge on any atom is -0.366 e. The Morgan fingerprint density at radius 1 is 1.44 bits per heavy atom. The molecule has 3 nitrogen and oxygen atoms in total. The van der Waals surface area contributed by atoms with E-state index in [0.29, 0.717) is 11.0 Å². The number of primary amides is 1. The Hall–Kier alpha value is -1.35. The Kier molecular flexibility index (Phi) is 2.67. The van der Waals surface area contributed by atoms with Gasteiger partial charge in [-0.25, -0.2) is 0 Å². The fraction of sp³-hybridized carbons (Fsp3) is 0.533. The molecule has 1 heterocycles. The summed E-state index contributed by atoms with van der Waals surface area (Å²) in [7, 11) is 0. The molecule has 3 heteroatoms. The summed E-state index contributed by atoms with van der Waals surface area (Å²) in [5.74, 6) is 1.17. The third kappa shape index (κ3) is 1.50. The molecule has 1 aromatic rings. The number of nitrogens with one attached hydrogen (secondary N) is 1. The van der Waals surface area contributed by atoms with Crippen molar-refractivity contribution in [2.75, 3.05) is 13.1 Å². The molecule has 2 unspecified atom stereocenters. The van der Waals surface area contributed by atoms with Crippen LogP contribution in [0.1, 0.15) is 35.7 Å². The SMILES string of the molecule is CCCC1(c2cccc(C(N)=O)c2)C2CNCC21. The number of carbonyl (C=O) groups excluding carboxylic acids is 1. The van der Waals surface area contributed by atoms with Gasteiger partial charge in [0, 0.05) is 11.0 Å². The first-order valence-electron chi connectivity index (χ1n) is 6.81. The van der Waals surface area contributed by atoms with Crippen molar-refractivity contribution in [2.45, 2.75) is 25.2 Å². The van der Waals surface area contributed by atoms with Gasteiger partial charge in [-0.2, -0.15) is 0 Å². The minimum absolute atomic E-state index is 0.311. The zero-order valence-corrected chi connectivity index (χ0v) is 10.8. The van der Waals surface area contributed by atoms with E-state index in [1.54, 1.807) is 0 Å². The van der Waals surface area contributed by atoms with Crippen molar-refractivity contribution in [3.05, 3.63) is 35.4 Å². The zero-order valence-electron chi connectivity index (χ0n) is 10.8. The molecule has 1 aliphatic carbocycles. The Balaban J connectivity index is 1.97. The lowest BCUT2D eigenvalue weighted by Crippen LogP contribution is -2.25. The third-order valence-electron chi connectivity index (χ3n) is 4.78. The molecule has 2 aliphatic rings. The molecule has 1 aliphatic heterocycles. The maximum atomic E-state index is 11.3. The van der Waals surface area contributed by atoms with E-state index >= 15 is 0 Å². The molecule has 0 radical (unpaired) electrons. The Labute approximate surface area is 108 Å². The van der Waals surface area contributed by atoms with Gasteiger partial charge in [0.15, 0.2) is 0 Å². The van der Waals surface area contributed by atoms with Gasteiger partial charge in [-0.1, -0.05) is 25.5 Å². The van der Waals surface area contributed by atoms with E-state index in [1.165, 1.54) is 18.4 Å². The number of nitrogens with two attached hydrogens (primary N) is 1. The van der Waals surface area contributed by atoms with Crippen molar-refractivity contribution in [2.24, 2.45) is 17.6 Å². The summed E-state index contributed by atoms with van der Waals surface area (Å²) in [6, 6.07) is 7.95. The van der Waals surface area contributed by atoms with Gasteiger partial charge in [-0.05, 0) is 49.0 Å². The molecule has 0 aromatic heterocycles. The summed E-state index contributed by atoms with van der Waals surface area (Å²) in [6.45, 7) is 4.47. The Morgan fingerprint density at radius 2 is 2.17 bits per heavy atom.